The second kappa shape index (κ2) is 6.46. The van der Waals surface area contributed by atoms with Gasteiger partial charge in [0.05, 0.1) is 10.9 Å². The van der Waals surface area contributed by atoms with E-state index < -0.39 is 28.8 Å². The van der Waals surface area contributed by atoms with Crippen molar-refractivity contribution < 1.29 is 27.5 Å². The third kappa shape index (κ3) is 2.72. The second-order valence-corrected chi connectivity index (χ2v) is 6.96. The molecule has 0 fully saturated rings. The van der Waals surface area contributed by atoms with Crippen LogP contribution in [0.2, 0.25) is 0 Å². The molecular weight excluding hydrogens is 411 g/mol. The van der Waals surface area contributed by atoms with Gasteiger partial charge in [-0.05, 0) is 30.3 Å². The summed E-state index contributed by atoms with van der Waals surface area (Å²) in [6.45, 7) is 0. The third-order valence-corrected chi connectivity index (χ3v) is 5.15. The van der Waals surface area contributed by atoms with E-state index >= 15 is 0 Å². The number of pyridine rings is 1. The van der Waals surface area contributed by atoms with Crippen LogP contribution in [0.15, 0.2) is 75.9 Å². The number of Topliss-reactive ketones (excluding diaryl/α,β-unsaturated/α-hetero) is 1. The summed E-state index contributed by atoms with van der Waals surface area (Å²) < 4.78 is 46.7. The lowest BCUT2D eigenvalue weighted by molar-refractivity contribution is -0.0887. The average molecular weight is 423 g/mol. The van der Waals surface area contributed by atoms with Crippen molar-refractivity contribution in [3.8, 4) is 11.4 Å². The molecule has 0 unspecified atom stereocenters. The molecule has 0 amide bonds. The maximum Gasteiger partial charge on any atom is 0.455 e. The molecule has 5 rings (SSSR count). The number of rotatable bonds is 2. The smallest absolute Gasteiger partial charge is 0.455 e. The Morgan fingerprint density at radius 2 is 1.55 bits per heavy atom. The predicted molar refractivity (Wildman–Crippen MR) is 109 cm³/mol. The molecule has 0 bridgehead atoms. The molecule has 0 saturated heterocycles. The van der Waals surface area contributed by atoms with E-state index in [1.165, 1.54) is 18.2 Å². The number of aromatic hydroxyl groups is 1. The van der Waals surface area contributed by atoms with Gasteiger partial charge in [-0.1, -0.05) is 36.4 Å². The van der Waals surface area contributed by atoms with Crippen molar-refractivity contribution in [3.05, 3.63) is 82.6 Å². The maximum atomic E-state index is 13.3. The van der Waals surface area contributed by atoms with E-state index in [0.29, 0.717) is 21.9 Å². The lowest BCUT2D eigenvalue weighted by atomic mass is 10.0. The molecular formula is C23H12F3NO4. The minimum absolute atomic E-state index is 0.0708. The predicted octanol–water partition coefficient (Wildman–Crippen LogP) is 5.34. The lowest BCUT2D eigenvalue weighted by Gasteiger charge is -2.16. The highest BCUT2D eigenvalue weighted by Gasteiger charge is 2.43. The highest BCUT2D eigenvalue weighted by atomic mass is 19.4. The number of aromatic nitrogens is 1. The number of nitrogens with zero attached hydrogens (tertiary/aromatic N) is 1. The summed E-state index contributed by atoms with van der Waals surface area (Å²) in [5.41, 5.74) is -1.45. The largest absolute Gasteiger partial charge is 0.506 e. The first-order valence-corrected chi connectivity index (χ1v) is 9.18. The number of ketones is 1. The van der Waals surface area contributed by atoms with Gasteiger partial charge in [-0.15, -0.1) is 0 Å². The standard InChI is InChI=1S/C23H12F3NO4/c24-23(25,26)21(29)19-20(28)18-14(27(22(19)30)12-6-2-1-3-7-12)10-11-16-17(18)13-8-4-5-9-15(13)31-16/h1-11,28H. The monoisotopic (exact) mass is 423 g/mol. The van der Waals surface area contributed by atoms with E-state index in [4.69, 9.17) is 4.42 Å². The van der Waals surface area contributed by atoms with Crippen molar-refractivity contribution in [3.63, 3.8) is 0 Å². The number of para-hydroxylation sites is 2. The molecule has 31 heavy (non-hydrogen) atoms. The summed E-state index contributed by atoms with van der Waals surface area (Å²) >= 11 is 0. The van der Waals surface area contributed by atoms with E-state index in [2.05, 4.69) is 0 Å². The van der Waals surface area contributed by atoms with Crippen molar-refractivity contribution in [2.45, 2.75) is 6.18 Å². The normalized spacial score (nSPS) is 12.1. The van der Waals surface area contributed by atoms with Crippen LogP contribution in [-0.4, -0.2) is 21.6 Å². The van der Waals surface area contributed by atoms with Crippen molar-refractivity contribution in [1.29, 1.82) is 0 Å². The summed E-state index contributed by atoms with van der Waals surface area (Å²) in [5.74, 6) is -3.43. The zero-order chi connectivity index (χ0) is 21.9. The van der Waals surface area contributed by atoms with Crippen LogP contribution < -0.4 is 5.56 Å². The second-order valence-electron chi connectivity index (χ2n) is 6.96. The van der Waals surface area contributed by atoms with E-state index in [-0.39, 0.29) is 16.6 Å². The van der Waals surface area contributed by atoms with Crippen LogP contribution in [0.1, 0.15) is 10.4 Å². The maximum absolute atomic E-state index is 13.3. The Labute approximate surface area is 171 Å². The van der Waals surface area contributed by atoms with E-state index in [1.54, 1.807) is 48.5 Å². The van der Waals surface area contributed by atoms with Gasteiger partial charge in [0.15, 0.2) is 0 Å². The van der Waals surface area contributed by atoms with Crippen LogP contribution in [-0.2, 0) is 0 Å². The summed E-state index contributed by atoms with van der Waals surface area (Å²) in [5, 5.41) is 11.6. The van der Waals surface area contributed by atoms with Gasteiger partial charge in [0, 0.05) is 16.5 Å². The average Bonchev–Trinajstić information content (AvgIpc) is 3.12. The molecule has 154 valence electrons. The first-order valence-electron chi connectivity index (χ1n) is 9.18. The van der Waals surface area contributed by atoms with Gasteiger partial charge >= 0.3 is 6.18 Å². The summed E-state index contributed by atoms with van der Waals surface area (Å²) in [6.07, 6.45) is -5.34. The van der Waals surface area contributed by atoms with Crippen LogP contribution in [0, 0.1) is 0 Å². The molecule has 5 aromatic rings. The molecule has 0 aliphatic carbocycles. The molecule has 0 saturated carbocycles. The van der Waals surface area contributed by atoms with E-state index in [0.717, 1.165) is 4.57 Å². The van der Waals surface area contributed by atoms with Gasteiger partial charge in [-0.3, -0.25) is 14.2 Å². The Kier molecular flexibility index (Phi) is 3.95. The zero-order valence-corrected chi connectivity index (χ0v) is 15.6. The Balaban J connectivity index is 2.07. The van der Waals surface area contributed by atoms with Crippen molar-refractivity contribution in [2.75, 3.05) is 0 Å². The molecule has 0 spiro atoms. The van der Waals surface area contributed by atoms with E-state index in [9.17, 15) is 27.9 Å². The minimum atomic E-state index is -5.34. The lowest BCUT2D eigenvalue weighted by Crippen LogP contribution is -2.33. The van der Waals surface area contributed by atoms with Crippen LogP contribution in [0.3, 0.4) is 0 Å². The van der Waals surface area contributed by atoms with Gasteiger partial charge in [0.2, 0.25) is 0 Å². The number of carbonyl (C=O) groups excluding carboxylic acids is 1. The molecule has 0 atom stereocenters. The highest BCUT2D eigenvalue weighted by molar-refractivity contribution is 6.22. The number of furan rings is 1. The summed E-state index contributed by atoms with van der Waals surface area (Å²) in [4.78, 5) is 25.2. The first kappa shape index (κ1) is 18.9. The van der Waals surface area contributed by atoms with Crippen LogP contribution in [0.5, 0.6) is 5.75 Å². The summed E-state index contributed by atoms with van der Waals surface area (Å²) in [6, 6.07) is 17.8. The quantitative estimate of drug-likeness (QED) is 0.389. The summed E-state index contributed by atoms with van der Waals surface area (Å²) in [7, 11) is 0. The zero-order valence-electron chi connectivity index (χ0n) is 15.6. The van der Waals surface area contributed by atoms with Crippen molar-refractivity contribution in [1.82, 2.24) is 4.57 Å². The van der Waals surface area contributed by atoms with Crippen LogP contribution >= 0.6 is 0 Å². The number of benzene rings is 3. The third-order valence-electron chi connectivity index (χ3n) is 5.15. The fourth-order valence-electron chi connectivity index (χ4n) is 3.86. The van der Waals surface area contributed by atoms with E-state index in [1.807, 2.05) is 0 Å². The molecule has 0 radical (unpaired) electrons. The van der Waals surface area contributed by atoms with Gasteiger partial charge in [0.1, 0.15) is 22.5 Å². The van der Waals surface area contributed by atoms with Gasteiger partial charge < -0.3 is 9.52 Å². The molecule has 1 N–H and O–H groups in total. The van der Waals surface area contributed by atoms with Gasteiger partial charge in [-0.2, -0.15) is 13.2 Å². The fraction of sp³-hybridized carbons (Fsp3) is 0.0435. The molecule has 3 aromatic carbocycles. The van der Waals surface area contributed by atoms with Crippen molar-refractivity contribution in [2.24, 2.45) is 0 Å². The molecule has 5 nitrogen and oxygen atoms in total. The molecule has 0 aliphatic rings. The Bertz CT molecular complexity index is 1560. The van der Waals surface area contributed by atoms with Gasteiger partial charge in [-0.25, -0.2) is 0 Å². The molecule has 0 aliphatic heterocycles. The van der Waals surface area contributed by atoms with Crippen molar-refractivity contribution >= 4 is 38.6 Å². The fourth-order valence-corrected chi connectivity index (χ4v) is 3.86. The Morgan fingerprint density at radius 1 is 0.871 bits per heavy atom. The Morgan fingerprint density at radius 3 is 2.26 bits per heavy atom. The Hall–Kier alpha value is -4.07. The van der Waals surface area contributed by atoms with Gasteiger partial charge in [0.25, 0.3) is 11.3 Å². The number of carbonyl (C=O) groups is 1. The SMILES string of the molecule is O=C(c1c(O)c2c3c(ccc2n(-c2ccccc2)c1=O)oc1ccccc13)C(F)(F)F. The number of alkyl halides is 3. The molecule has 2 aromatic heterocycles. The number of halogens is 3. The molecule has 8 heteroatoms. The number of hydrogen-bond donors (Lipinski definition) is 1. The number of fused-ring (bicyclic) bond motifs is 5. The van der Waals surface area contributed by atoms with Crippen LogP contribution in [0.4, 0.5) is 13.2 Å². The minimum Gasteiger partial charge on any atom is -0.506 e. The first-order chi connectivity index (χ1) is 14.8. The highest BCUT2D eigenvalue weighted by Crippen LogP contribution is 2.40. The molecule has 2 heterocycles. The number of hydrogen-bond acceptors (Lipinski definition) is 4. The van der Waals surface area contributed by atoms with Crippen LogP contribution in [0.25, 0.3) is 38.5 Å². The topological polar surface area (TPSA) is 72.4 Å².